The lowest BCUT2D eigenvalue weighted by Crippen LogP contribution is -2.44. The van der Waals surface area contributed by atoms with Crippen molar-refractivity contribution in [1.29, 1.82) is 0 Å². The van der Waals surface area contributed by atoms with Crippen LogP contribution in [-0.4, -0.2) is 25.0 Å². The first-order valence-electron chi connectivity index (χ1n) is 6.95. The van der Waals surface area contributed by atoms with Crippen LogP contribution in [0.4, 0.5) is 4.79 Å². The molecule has 1 unspecified atom stereocenters. The van der Waals surface area contributed by atoms with Crippen LogP contribution in [0.15, 0.2) is 24.3 Å². The van der Waals surface area contributed by atoms with Crippen LogP contribution in [0, 0.1) is 5.92 Å². The first-order chi connectivity index (χ1) is 9.88. The maximum atomic E-state index is 11.6. The van der Waals surface area contributed by atoms with Gasteiger partial charge in [0, 0.05) is 17.6 Å². The number of imide groups is 1. The topological polar surface area (TPSA) is 70.2 Å². The average molecular weight is 312 g/mol. The van der Waals surface area contributed by atoms with Gasteiger partial charge in [0.15, 0.2) is 0 Å². The Morgan fingerprint density at radius 1 is 1.14 bits per heavy atom. The fourth-order valence-corrected chi connectivity index (χ4v) is 1.75. The van der Waals surface area contributed by atoms with E-state index in [0.717, 1.165) is 5.56 Å². The van der Waals surface area contributed by atoms with Gasteiger partial charge in [-0.15, -0.1) is 0 Å². The van der Waals surface area contributed by atoms with Crippen molar-refractivity contribution >= 4 is 23.5 Å². The van der Waals surface area contributed by atoms with Crippen LogP contribution >= 0.6 is 11.6 Å². The lowest BCUT2D eigenvalue weighted by Gasteiger charge is -2.14. The van der Waals surface area contributed by atoms with E-state index in [1.165, 1.54) is 0 Å². The number of hydrogen-bond donors (Lipinski definition) is 3. The van der Waals surface area contributed by atoms with Gasteiger partial charge < -0.3 is 10.6 Å². The molecule has 0 saturated carbocycles. The number of carbonyl (C=O) groups is 2. The minimum Gasteiger partial charge on any atom is -0.338 e. The van der Waals surface area contributed by atoms with Crippen molar-refractivity contribution < 1.29 is 9.59 Å². The lowest BCUT2D eigenvalue weighted by molar-refractivity contribution is -0.119. The summed E-state index contributed by atoms with van der Waals surface area (Å²) in [6, 6.07) is 6.92. The molecule has 0 heterocycles. The standard InChI is InChI=1S/C15H22ClN3O2/c1-10(2)8-18-15(21)19-14(20)9-17-11(3)12-4-6-13(16)7-5-12/h4-7,10-11,17H,8-9H2,1-3H3,(H2,18,19,20,21). The Labute approximate surface area is 130 Å². The number of nitrogens with one attached hydrogen (secondary N) is 3. The minimum absolute atomic E-state index is 0.00765. The number of urea groups is 1. The normalized spacial score (nSPS) is 12.0. The van der Waals surface area contributed by atoms with Crippen LogP contribution in [0.5, 0.6) is 0 Å². The Morgan fingerprint density at radius 2 is 1.76 bits per heavy atom. The number of halogens is 1. The molecule has 0 fully saturated rings. The summed E-state index contributed by atoms with van der Waals surface area (Å²) in [7, 11) is 0. The summed E-state index contributed by atoms with van der Waals surface area (Å²) < 4.78 is 0. The Hall–Kier alpha value is -1.59. The lowest BCUT2D eigenvalue weighted by atomic mass is 10.1. The maximum absolute atomic E-state index is 11.6. The second-order valence-corrected chi connectivity index (χ2v) is 5.74. The van der Waals surface area contributed by atoms with E-state index in [4.69, 9.17) is 11.6 Å². The summed E-state index contributed by atoms with van der Waals surface area (Å²) in [6.07, 6.45) is 0. The second-order valence-electron chi connectivity index (χ2n) is 5.31. The molecule has 1 atom stereocenters. The molecule has 1 aromatic rings. The summed E-state index contributed by atoms with van der Waals surface area (Å²) in [4.78, 5) is 23.1. The van der Waals surface area contributed by atoms with Gasteiger partial charge in [-0.25, -0.2) is 4.79 Å². The summed E-state index contributed by atoms with van der Waals surface area (Å²) in [5.74, 6) is -0.0222. The quantitative estimate of drug-likeness (QED) is 0.756. The number of benzene rings is 1. The van der Waals surface area contributed by atoms with Gasteiger partial charge in [-0.1, -0.05) is 37.6 Å². The summed E-state index contributed by atoms with van der Waals surface area (Å²) in [5, 5.41) is 8.63. The van der Waals surface area contributed by atoms with E-state index in [1.54, 1.807) is 12.1 Å². The molecular weight excluding hydrogens is 290 g/mol. The molecule has 0 aliphatic carbocycles. The van der Waals surface area contributed by atoms with Gasteiger partial charge in [0.05, 0.1) is 6.54 Å². The van der Waals surface area contributed by atoms with Crippen LogP contribution in [0.25, 0.3) is 0 Å². The fourth-order valence-electron chi connectivity index (χ4n) is 1.63. The second kappa shape index (κ2) is 8.64. The van der Waals surface area contributed by atoms with Gasteiger partial charge in [-0.05, 0) is 30.5 Å². The molecule has 0 bridgehead atoms. The summed E-state index contributed by atoms with van der Waals surface area (Å²) in [6.45, 7) is 6.51. The SMILES string of the molecule is CC(C)CNC(=O)NC(=O)CNC(C)c1ccc(Cl)cc1. The molecule has 6 heteroatoms. The number of carbonyl (C=O) groups excluding carboxylic acids is 2. The van der Waals surface area contributed by atoms with Gasteiger partial charge >= 0.3 is 6.03 Å². The number of amides is 3. The molecule has 3 amide bonds. The molecule has 0 aliphatic heterocycles. The molecule has 5 nitrogen and oxygen atoms in total. The Morgan fingerprint density at radius 3 is 2.33 bits per heavy atom. The van der Waals surface area contributed by atoms with Crippen LogP contribution in [0.1, 0.15) is 32.4 Å². The number of hydrogen-bond acceptors (Lipinski definition) is 3. The first-order valence-corrected chi connectivity index (χ1v) is 7.32. The molecule has 0 aliphatic rings. The van der Waals surface area contributed by atoms with Crippen molar-refractivity contribution in [2.24, 2.45) is 5.92 Å². The van der Waals surface area contributed by atoms with Crippen LogP contribution in [0.3, 0.4) is 0 Å². The van der Waals surface area contributed by atoms with Crippen molar-refractivity contribution in [2.75, 3.05) is 13.1 Å². The monoisotopic (exact) mass is 311 g/mol. The van der Waals surface area contributed by atoms with E-state index in [0.29, 0.717) is 17.5 Å². The highest BCUT2D eigenvalue weighted by molar-refractivity contribution is 6.30. The van der Waals surface area contributed by atoms with E-state index in [2.05, 4.69) is 16.0 Å². The minimum atomic E-state index is -0.463. The van der Waals surface area contributed by atoms with E-state index in [-0.39, 0.29) is 18.5 Å². The Balaban J connectivity index is 2.32. The Bertz CT molecular complexity index is 474. The van der Waals surface area contributed by atoms with E-state index in [1.807, 2.05) is 32.9 Å². The van der Waals surface area contributed by atoms with Crippen LogP contribution < -0.4 is 16.0 Å². The molecule has 116 valence electrons. The summed E-state index contributed by atoms with van der Waals surface area (Å²) >= 11 is 5.82. The van der Waals surface area contributed by atoms with E-state index in [9.17, 15) is 9.59 Å². The highest BCUT2D eigenvalue weighted by Crippen LogP contribution is 2.15. The van der Waals surface area contributed by atoms with Crippen molar-refractivity contribution in [3.63, 3.8) is 0 Å². The highest BCUT2D eigenvalue weighted by atomic mass is 35.5. The third kappa shape index (κ3) is 7.11. The zero-order valence-electron chi connectivity index (χ0n) is 12.6. The third-order valence-electron chi connectivity index (χ3n) is 2.86. The molecule has 0 spiro atoms. The first kappa shape index (κ1) is 17.5. The van der Waals surface area contributed by atoms with Crippen molar-refractivity contribution in [3.05, 3.63) is 34.9 Å². The Kier molecular flexibility index (Phi) is 7.19. The molecule has 0 saturated heterocycles. The molecule has 1 aromatic carbocycles. The van der Waals surface area contributed by atoms with Crippen LogP contribution in [-0.2, 0) is 4.79 Å². The van der Waals surface area contributed by atoms with E-state index < -0.39 is 6.03 Å². The molecule has 0 aromatic heterocycles. The molecule has 3 N–H and O–H groups in total. The zero-order chi connectivity index (χ0) is 15.8. The summed E-state index contributed by atoms with van der Waals surface area (Å²) in [5.41, 5.74) is 1.02. The predicted molar refractivity (Wildman–Crippen MR) is 84.2 cm³/mol. The molecule has 1 rings (SSSR count). The van der Waals surface area contributed by atoms with Gasteiger partial charge in [-0.2, -0.15) is 0 Å². The van der Waals surface area contributed by atoms with Gasteiger partial charge in [0.25, 0.3) is 0 Å². The van der Waals surface area contributed by atoms with Crippen molar-refractivity contribution in [2.45, 2.75) is 26.8 Å². The number of rotatable bonds is 6. The third-order valence-corrected chi connectivity index (χ3v) is 3.11. The highest BCUT2D eigenvalue weighted by Gasteiger charge is 2.10. The molecule has 0 radical (unpaired) electrons. The smallest absolute Gasteiger partial charge is 0.321 e. The predicted octanol–water partition coefficient (Wildman–Crippen LogP) is 2.47. The van der Waals surface area contributed by atoms with Gasteiger partial charge in [0.2, 0.25) is 5.91 Å². The van der Waals surface area contributed by atoms with E-state index >= 15 is 0 Å². The average Bonchev–Trinajstić information content (AvgIpc) is 2.43. The van der Waals surface area contributed by atoms with Gasteiger partial charge in [0.1, 0.15) is 0 Å². The van der Waals surface area contributed by atoms with Crippen LogP contribution in [0.2, 0.25) is 5.02 Å². The zero-order valence-corrected chi connectivity index (χ0v) is 13.3. The van der Waals surface area contributed by atoms with Crippen molar-refractivity contribution in [3.8, 4) is 0 Å². The largest absolute Gasteiger partial charge is 0.338 e. The molecule has 21 heavy (non-hydrogen) atoms. The maximum Gasteiger partial charge on any atom is 0.321 e. The fraction of sp³-hybridized carbons (Fsp3) is 0.467. The van der Waals surface area contributed by atoms with Crippen molar-refractivity contribution in [1.82, 2.24) is 16.0 Å². The van der Waals surface area contributed by atoms with Gasteiger partial charge in [-0.3, -0.25) is 10.1 Å². The molecular formula is C15H22ClN3O2.